The second-order valence-electron chi connectivity index (χ2n) is 5.52. The smallest absolute Gasteiger partial charge is 0.241 e. The van der Waals surface area contributed by atoms with Crippen LogP contribution in [0.3, 0.4) is 0 Å². The van der Waals surface area contributed by atoms with Gasteiger partial charge in [0.05, 0.1) is 18.8 Å². The van der Waals surface area contributed by atoms with Gasteiger partial charge in [0.1, 0.15) is 5.75 Å². The van der Waals surface area contributed by atoms with E-state index >= 15 is 0 Å². The molecule has 0 fully saturated rings. The van der Waals surface area contributed by atoms with Gasteiger partial charge in [0.25, 0.3) is 0 Å². The highest BCUT2D eigenvalue weighted by molar-refractivity contribution is 6.31. The summed E-state index contributed by atoms with van der Waals surface area (Å²) >= 11 is 12.2. The number of nitrogens with one attached hydrogen (secondary N) is 1. The Morgan fingerprint density at radius 1 is 1.25 bits per heavy atom. The second-order valence-corrected chi connectivity index (χ2v) is 6.36. The van der Waals surface area contributed by atoms with Gasteiger partial charge in [0.2, 0.25) is 5.91 Å². The van der Waals surface area contributed by atoms with Crippen LogP contribution in [-0.4, -0.2) is 31.0 Å². The Bertz CT molecular complexity index is 722. The Hall–Kier alpha value is -1.75. The first-order chi connectivity index (χ1) is 11.4. The molecule has 128 valence electrons. The van der Waals surface area contributed by atoms with Gasteiger partial charge in [-0.2, -0.15) is 0 Å². The van der Waals surface area contributed by atoms with Crippen LogP contribution in [0.5, 0.6) is 5.75 Å². The normalized spacial score (nSPS) is 12.1. The molecular formula is C18H20Cl2N2O2. The fraction of sp³-hybridized carbons (Fsp3) is 0.278. The number of carbonyl (C=O) groups excluding carboxylic acids is 1. The van der Waals surface area contributed by atoms with Crippen molar-refractivity contribution in [3.8, 4) is 5.75 Å². The molecule has 0 spiro atoms. The third kappa shape index (κ3) is 4.63. The van der Waals surface area contributed by atoms with Gasteiger partial charge in [0, 0.05) is 16.6 Å². The maximum Gasteiger partial charge on any atom is 0.241 e. The van der Waals surface area contributed by atoms with Crippen molar-refractivity contribution >= 4 is 34.8 Å². The number of halogens is 2. The van der Waals surface area contributed by atoms with Gasteiger partial charge in [0.15, 0.2) is 0 Å². The minimum atomic E-state index is -0.357. The molecule has 2 rings (SSSR count). The zero-order valence-corrected chi connectivity index (χ0v) is 15.4. The van der Waals surface area contributed by atoms with E-state index in [4.69, 9.17) is 27.9 Å². The molecule has 1 N–H and O–H groups in total. The largest absolute Gasteiger partial charge is 0.495 e. The summed E-state index contributed by atoms with van der Waals surface area (Å²) in [6, 6.07) is 12.3. The summed E-state index contributed by atoms with van der Waals surface area (Å²) in [5.74, 6) is 0.416. The van der Waals surface area contributed by atoms with E-state index in [0.29, 0.717) is 28.0 Å². The number of nitrogens with zero attached hydrogens (tertiary/aromatic N) is 1. The lowest BCUT2D eigenvalue weighted by atomic mass is 10.2. The number of methoxy groups -OCH3 is 1. The first-order valence-corrected chi connectivity index (χ1v) is 8.26. The van der Waals surface area contributed by atoms with Crippen molar-refractivity contribution in [2.75, 3.05) is 19.5 Å². The number of amides is 1. The molecule has 0 saturated heterocycles. The zero-order valence-electron chi connectivity index (χ0n) is 13.8. The average Bonchev–Trinajstić information content (AvgIpc) is 2.56. The van der Waals surface area contributed by atoms with Gasteiger partial charge >= 0.3 is 0 Å². The van der Waals surface area contributed by atoms with Crippen LogP contribution < -0.4 is 10.1 Å². The first kappa shape index (κ1) is 18.6. The molecule has 1 unspecified atom stereocenters. The van der Waals surface area contributed by atoms with Crippen LogP contribution in [0.15, 0.2) is 42.5 Å². The molecular weight excluding hydrogens is 347 g/mol. The Kier molecular flexibility index (Phi) is 6.49. The molecule has 0 aliphatic rings. The first-order valence-electron chi connectivity index (χ1n) is 7.50. The average molecular weight is 367 g/mol. The lowest BCUT2D eigenvalue weighted by Gasteiger charge is -2.24. The second kappa shape index (κ2) is 8.38. The third-order valence-electron chi connectivity index (χ3n) is 3.84. The van der Waals surface area contributed by atoms with Gasteiger partial charge in [-0.1, -0.05) is 41.4 Å². The number of carbonyl (C=O) groups is 1. The molecule has 1 atom stereocenters. The summed E-state index contributed by atoms with van der Waals surface area (Å²) in [4.78, 5) is 14.4. The Labute approximate surface area is 152 Å². The molecule has 6 heteroatoms. The molecule has 0 heterocycles. The van der Waals surface area contributed by atoms with Crippen LogP contribution in [0.2, 0.25) is 10.0 Å². The fourth-order valence-electron chi connectivity index (χ4n) is 2.25. The third-order valence-corrected chi connectivity index (χ3v) is 4.44. The predicted octanol–water partition coefficient (Wildman–Crippen LogP) is 4.46. The SMILES string of the molecule is COc1ccc(Cl)cc1NC(=O)C(C)N(C)Cc1ccccc1Cl. The number of likely N-dealkylation sites (N-methyl/N-ethyl adjacent to an activating group) is 1. The van der Waals surface area contributed by atoms with Gasteiger partial charge < -0.3 is 10.1 Å². The molecule has 1 amide bonds. The Balaban J connectivity index is 2.06. The molecule has 2 aromatic carbocycles. The van der Waals surface area contributed by atoms with Crippen LogP contribution in [0.1, 0.15) is 12.5 Å². The number of hydrogen-bond donors (Lipinski definition) is 1. The van der Waals surface area contributed by atoms with Crippen molar-refractivity contribution in [2.45, 2.75) is 19.5 Å². The highest BCUT2D eigenvalue weighted by Gasteiger charge is 2.20. The molecule has 0 aliphatic carbocycles. The van der Waals surface area contributed by atoms with Crippen LogP contribution in [0, 0.1) is 0 Å². The van der Waals surface area contributed by atoms with E-state index in [1.54, 1.807) is 25.3 Å². The van der Waals surface area contributed by atoms with Crippen molar-refractivity contribution in [3.05, 3.63) is 58.1 Å². The van der Waals surface area contributed by atoms with E-state index in [2.05, 4.69) is 5.32 Å². The van der Waals surface area contributed by atoms with E-state index in [-0.39, 0.29) is 11.9 Å². The summed E-state index contributed by atoms with van der Waals surface area (Å²) < 4.78 is 5.25. The molecule has 0 radical (unpaired) electrons. The predicted molar refractivity (Wildman–Crippen MR) is 99.0 cm³/mol. The van der Waals surface area contributed by atoms with Crippen LogP contribution >= 0.6 is 23.2 Å². The summed E-state index contributed by atoms with van der Waals surface area (Å²) in [7, 11) is 3.43. The number of ether oxygens (including phenoxy) is 1. The van der Waals surface area contributed by atoms with E-state index in [0.717, 1.165) is 5.56 Å². The van der Waals surface area contributed by atoms with Crippen LogP contribution in [0.25, 0.3) is 0 Å². The maximum atomic E-state index is 12.5. The monoisotopic (exact) mass is 366 g/mol. The number of hydrogen-bond acceptors (Lipinski definition) is 3. The number of anilines is 1. The molecule has 4 nitrogen and oxygen atoms in total. The fourth-order valence-corrected chi connectivity index (χ4v) is 2.62. The molecule has 0 bridgehead atoms. The summed E-state index contributed by atoms with van der Waals surface area (Å²) in [6.45, 7) is 2.41. The standard InChI is InChI=1S/C18H20Cl2N2O2/c1-12(22(2)11-13-6-4-5-7-15(13)20)18(23)21-16-10-14(19)8-9-17(16)24-3/h4-10,12H,11H2,1-3H3,(H,21,23). The van der Waals surface area contributed by atoms with Crippen LogP contribution in [-0.2, 0) is 11.3 Å². The topological polar surface area (TPSA) is 41.6 Å². The van der Waals surface area contributed by atoms with Gasteiger partial charge in [-0.15, -0.1) is 0 Å². The quantitative estimate of drug-likeness (QED) is 0.820. The van der Waals surface area contributed by atoms with Crippen molar-refractivity contribution in [3.63, 3.8) is 0 Å². The van der Waals surface area contributed by atoms with Crippen LogP contribution in [0.4, 0.5) is 5.69 Å². The highest BCUT2D eigenvalue weighted by Crippen LogP contribution is 2.28. The Morgan fingerprint density at radius 2 is 1.96 bits per heavy atom. The molecule has 0 aromatic heterocycles. The zero-order chi connectivity index (χ0) is 17.7. The molecule has 24 heavy (non-hydrogen) atoms. The van der Waals surface area contributed by atoms with Gasteiger partial charge in [-0.3, -0.25) is 9.69 Å². The highest BCUT2D eigenvalue weighted by atomic mass is 35.5. The van der Waals surface area contributed by atoms with Crippen molar-refractivity contribution in [2.24, 2.45) is 0 Å². The number of rotatable bonds is 6. The minimum absolute atomic E-state index is 0.148. The summed E-state index contributed by atoms with van der Waals surface area (Å²) in [6.07, 6.45) is 0. The van der Waals surface area contributed by atoms with E-state index < -0.39 is 0 Å². The summed E-state index contributed by atoms with van der Waals surface area (Å²) in [5, 5.41) is 4.08. The summed E-state index contributed by atoms with van der Waals surface area (Å²) in [5.41, 5.74) is 1.52. The van der Waals surface area contributed by atoms with E-state index in [1.165, 1.54) is 0 Å². The molecule has 2 aromatic rings. The van der Waals surface area contributed by atoms with Crippen molar-refractivity contribution in [1.82, 2.24) is 4.90 Å². The van der Waals surface area contributed by atoms with Gasteiger partial charge in [-0.05, 0) is 43.8 Å². The van der Waals surface area contributed by atoms with Crippen molar-refractivity contribution < 1.29 is 9.53 Å². The number of benzene rings is 2. The molecule has 0 saturated carbocycles. The minimum Gasteiger partial charge on any atom is -0.495 e. The van der Waals surface area contributed by atoms with E-state index in [9.17, 15) is 4.79 Å². The lowest BCUT2D eigenvalue weighted by molar-refractivity contribution is -0.120. The maximum absolute atomic E-state index is 12.5. The van der Waals surface area contributed by atoms with Gasteiger partial charge in [-0.25, -0.2) is 0 Å². The van der Waals surface area contributed by atoms with Crippen molar-refractivity contribution in [1.29, 1.82) is 0 Å². The molecule has 0 aliphatic heterocycles. The Morgan fingerprint density at radius 3 is 2.62 bits per heavy atom. The lowest BCUT2D eigenvalue weighted by Crippen LogP contribution is -2.39. The van der Waals surface area contributed by atoms with E-state index in [1.807, 2.05) is 43.1 Å².